The fourth-order valence-corrected chi connectivity index (χ4v) is 6.14. The van der Waals surface area contributed by atoms with Gasteiger partial charge in [-0.1, -0.05) is 60.2 Å². The fourth-order valence-electron chi connectivity index (χ4n) is 3.41. The summed E-state index contributed by atoms with van der Waals surface area (Å²) < 4.78 is 13.8. The summed E-state index contributed by atoms with van der Waals surface area (Å²) >= 11 is 1.82. The van der Waals surface area contributed by atoms with Crippen molar-refractivity contribution in [1.29, 1.82) is 0 Å². The van der Waals surface area contributed by atoms with Gasteiger partial charge in [0.2, 0.25) is 16.6 Å². The number of anilines is 4. The van der Waals surface area contributed by atoms with Crippen molar-refractivity contribution in [2.24, 2.45) is 0 Å². The van der Waals surface area contributed by atoms with Crippen LogP contribution in [0.3, 0.4) is 0 Å². The molecular formula is C28H47N3O2SSi2. The Morgan fingerprint density at radius 2 is 1.36 bits per heavy atom. The molecule has 0 aromatic heterocycles. The van der Waals surface area contributed by atoms with E-state index in [1.54, 1.807) is 0 Å². The summed E-state index contributed by atoms with van der Waals surface area (Å²) in [6.45, 7) is 25.0. The molecule has 36 heavy (non-hydrogen) atoms. The maximum atomic E-state index is 6.92. The molecule has 0 saturated heterocycles. The van der Waals surface area contributed by atoms with Crippen LogP contribution in [0.4, 0.5) is 22.7 Å². The second-order valence-corrected chi connectivity index (χ2v) is 23.5. The van der Waals surface area contributed by atoms with Crippen molar-refractivity contribution in [2.45, 2.75) is 101 Å². The molecule has 1 heterocycles. The lowest BCUT2D eigenvalue weighted by molar-refractivity contribution is 0.0480. The van der Waals surface area contributed by atoms with Gasteiger partial charge in [0.1, 0.15) is 0 Å². The van der Waals surface area contributed by atoms with E-state index < -0.39 is 16.6 Å². The van der Waals surface area contributed by atoms with Gasteiger partial charge in [-0.15, -0.1) is 5.23 Å². The van der Waals surface area contributed by atoms with Crippen molar-refractivity contribution in [3.63, 3.8) is 0 Å². The molecule has 1 aliphatic heterocycles. The van der Waals surface area contributed by atoms with Crippen molar-refractivity contribution < 1.29 is 9.05 Å². The van der Waals surface area contributed by atoms with Crippen LogP contribution in [-0.2, 0) is 15.5 Å². The van der Waals surface area contributed by atoms with Crippen LogP contribution in [0.25, 0.3) is 0 Å². The molecule has 3 rings (SSSR count). The van der Waals surface area contributed by atoms with Crippen molar-refractivity contribution >= 4 is 51.1 Å². The number of nitrogens with one attached hydrogen (secondary N) is 1. The zero-order valence-corrected chi connectivity index (χ0v) is 27.5. The van der Waals surface area contributed by atoms with E-state index in [9.17, 15) is 0 Å². The second-order valence-electron chi connectivity index (χ2n) is 13.1. The molecule has 0 radical (unpaired) electrons. The van der Waals surface area contributed by atoms with Crippen molar-refractivity contribution in [2.75, 3.05) is 29.5 Å². The standard InChI is InChI=1S/C28H47N3O2SSi2/c1-14-21-23(31(32-35(10,11)27(2,3)4)33-36(12,13)28(5,6)7)16-18-25-26(21)29-22-19-20(30(8)9)15-17-24(22)34-25/h15-19,29H,14H2,1-13H3. The van der Waals surface area contributed by atoms with E-state index in [0.29, 0.717) is 0 Å². The molecule has 0 bridgehead atoms. The fraction of sp³-hybridized carbons (Fsp3) is 0.571. The Morgan fingerprint density at radius 3 is 1.83 bits per heavy atom. The van der Waals surface area contributed by atoms with Gasteiger partial charge < -0.3 is 10.2 Å². The van der Waals surface area contributed by atoms with Gasteiger partial charge in [0.25, 0.3) is 0 Å². The molecule has 1 N–H and O–H groups in total. The predicted octanol–water partition coefficient (Wildman–Crippen LogP) is 9.20. The minimum Gasteiger partial charge on any atom is -0.378 e. The highest BCUT2D eigenvalue weighted by Gasteiger charge is 2.45. The molecule has 2 aromatic carbocycles. The number of benzene rings is 2. The normalized spacial score (nSPS) is 14.1. The average Bonchev–Trinajstić information content (AvgIpc) is 2.74. The van der Waals surface area contributed by atoms with Crippen LogP contribution in [0.2, 0.25) is 36.3 Å². The van der Waals surface area contributed by atoms with Crippen LogP contribution in [0.15, 0.2) is 40.1 Å². The summed E-state index contributed by atoms with van der Waals surface area (Å²) in [5.41, 5.74) is 5.71. The van der Waals surface area contributed by atoms with Gasteiger partial charge in [0.15, 0.2) is 0 Å². The molecule has 0 aliphatic carbocycles. The highest BCUT2D eigenvalue weighted by atomic mass is 32.2. The zero-order valence-electron chi connectivity index (χ0n) is 24.7. The van der Waals surface area contributed by atoms with Crippen LogP contribution in [-0.4, -0.2) is 30.7 Å². The lowest BCUT2D eigenvalue weighted by Crippen LogP contribution is -2.53. The summed E-state index contributed by atoms with van der Waals surface area (Å²) in [5, 5.41) is 5.71. The number of hydrogen-bond donors (Lipinski definition) is 1. The van der Waals surface area contributed by atoms with Crippen molar-refractivity contribution in [3.05, 3.63) is 35.9 Å². The minimum atomic E-state index is -2.17. The molecule has 0 fully saturated rings. The first-order valence-electron chi connectivity index (χ1n) is 13.0. The molecule has 2 aromatic rings. The van der Waals surface area contributed by atoms with Gasteiger partial charge in [-0.3, -0.25) is 9.05 Å². The van der Waals surface area contributed by atoms with Crippen LogP contribution in [0.1, 0.15) is 54.0 Å². The second kappa shape index (κ2) is 10.0. The number of fused-ring (bicyclic) bond motifs is 2. The SMILES string of the molecule is CCc1c(N(O[Si](C)(C)C(C)(C)C)O[Si](C)(C)C(C)(C)C)ccc2c1Nc1cc(N(C)C)ccc1S2. The van der Waals surface area contributed by atoms with E-state index in [0.717, 1.165) is 23.5 Å². The van der Waals surface area contributed by atoms with Crippen LogP contribution in [0, 0.1) is 0 Å². The molecule has 200 valence electrons. The topological polar surface area (TPSA) is 37.0 Å². The van der Waals surface area contributed by atoms with Crippen LogP contribution in [0.5, 0.6) is 0 Å². The van der Waals surface area contributed by atoms with E-state index in [2.05, 4.69) is 129 Å². The Morgan fingerprint density at radius 1 is 0.833 bits per heavy atom. The number of rotatable bonds is 7. The maximum absolute atomic E-state index is 6.92. The molecular weight excluding hydrogens is 499 g/mol. The summed E-state index contributed by atoms with van der Waals surface area (Å²) in [4.78, 5) is 4.62. The summed E-state index contributed by atoms with van der Waals surface area (Å²) in [7, 11) is -0.175. The molecule has 0 amide bonds. The average molecular weight is 546 g/mol. The predicted molar refractivity (Wildman–Crippen MR) is 163 cm³/mol. The van der Waals surface area contributed by atoms with E-state index in [-0.39, 0.29) is 10.1 Å². The molecule has 1 aliphatic rings. The minimum absolute atomic E-state index is 0.0538. The molecule has 0 spiro atoms. The van der Waals surface area contributed by atoms with Gasteiger partial charge in [0.05, 0.1) is 17.1 Å². The van der Waals surface area contributed by atoms with E-state index in [1.807, 2.05) is 17.0 Å². The molecule has 0 atom stereocenters. The van der Waals surface area contributed by atoms with Gasteiger partial charge in [-0.2, -0.15) is 0 Å². The van der Waals surface area contributed by atoms with Gasteiger partial charge in [0, 0.05) is 35.1 Å². The Balaban J connectivity index is 2.11. The zero-order chi connectivity index (χ0) is 27.3. The quantitative estimate of drug-likeness (QED) is 0.235. The third-order valence-corrected chi connectivity index (χ3v) is 17.6. The lowest BCUT2D eigenvalue weighted by Gasteiger charge is -2.45. The largest absolute Gasteiger partial charge is 0.378 e. The molecule has 5 nitrogen and oxygen atoms in total. The smallest absolute Gasteiger partial charge is 0.232 e. The Hall–Kier alpha value is -1.46. The molecule has 0 saturated carbocycles. The molecule has 0 unspecified atom stereocenters. The van der Waals surface area contributed by atoms with Crippen molar-refractivity contribution in [3.8, 4) is 0 Å². The van der Waals surface area contributed by atoms with Crippen molar-refractivity contribution in [1.82, 2.24) is 0 Å². The van der Waals surface area contributed by atoms with E-state index in [4.69, 9.17) is 9.05 Å². The lowest BCUT2D eigenvalue weighted by atomic mass is 10.1. The third-order valence-electron chi connectivity index (χ3n) is 7.99. The third kappa shape index (κ3) is 5.83. The van der Waals surface area contributed by atoms with Gasteiger partial charge in [-0.25, -0.2) is 0 Å². The Bertz CT molecular complexity index is 1080. The van der Waals surface area contributed by atoms with E-state index in [1.165, 1.54) is 21.0 Å². The first kappa shape index (κ1) is 29.1. The Kier molecular flexibility index (Phi) is 8.10. The summed E-state index contributed by atoms with van der Waals surface area (Å²) in [5.74, 6) is 0. The van der Waals surface area contributed by atoms with Crippen LogP contribution < -0.4 is 15.4 Å². The summed E-state index contributed by atoms with van der Waals surface area (Å²) in [6, 6.07) is 11.0. The van der Waals surface area contributed by atoms with E-state index >= 15 is 0 Å². The monoisotopic (exact) mass is 545 g/mol. The van der Waals surface area contributed by atoms with Gasteiger partial charge >= 0.3 is 0 Å². The first-order valence-corrected chi connectivity index (χ1v) is 19.6. The molecule has 8 heteroatoms. The summed E-state index contributed by atoms with van der Waals surface area (Å²) in [6.07, 6.45) is 0.868. The number of nitrogens with zero attached hydrogens (tertiary/aromatic N) is 2. The number of hydrogen-bond acceptors (Lipinski definition) is 6. The Labute approximate surface area is 226 Å². The first-order chi connectivity index (χ1) is 16.4. The maximum Gasteiger partial charge on any atom is 0.232 e. The van der Waals surface area contributed by atoms with Gasteiger partial charge in [-0.05, 0) is 73.0 Å². The van der Waals surface area contributed by atoms with Crippen LogP contribution >= 0.6 is 11.8 Å². The highest BCUT2D eigenvalue weighted by molar-refractivity contribution is 7.99. The highest BCUT2D eigenvalue weighted by Crippen LogP contribution is 2.50.